The zero-order chi connectivity index (χ0) is 15.4. The summed E-state index contributed by atoms with van der Waals surface area (Å²) < 4.78 is 5.23. The molecular weight excluding hydrogens is 274 g/mol. The molecule has 3 nitrogen and oxygen atoms in total. The van der Waals surface area contributed by atoms with Crippen molar-refractivity contribution >= 4 is 16.7 Å². The van der Waals surface area contributed by atoms with Crippen molar-refractivity contribution in [3.05, 3.63) is 54.1 Å². The molecule has 0 saturated heterocycles. The lowest BCUT2D eigenvalue weighted by atomic mass is 10.0. The third-order valence-corrected chi connectivity index (χ3v) is 4.16. The van der Waals surface area contributed by atoms with Gasteiger partial charge in [0, 0.05) is 13.0 Å². The van der Waals surface area contributed by atoms with E-state index >= 15 is 0 Å². The monoisotopic (exact) mass is 295 g/mol. The number of amides is 1. The SMILES string of the molecule is COc1ccc2cc(CNC(=O)CC3C=CCC3)ccc2c1. The minimum absolute atomic E-state index is 0.131. The third kappa shape index (κ3) is 3.48. The molecule has 1 amide bonds. The van der Waals surface area contributed by atoms with Crippen LogP contribution in [0.25, 0.3) is 10.8 Å². The molecule has 2 aromatic rings. The van der Waals surface area contributed by atoms with Crippen LogP contribution >= 0.6 is 0 Å². The van der Waals surface area contributed by atoms with Crippen molar-refractivity contribution in [3.8, 4) is 5.75 Å². The molecule has 1 atom stereocenters. The molecule has 1 unspecified atom stereocenters. The van der Waals surface area contributed by atoms with Gasteiger partial charge in [0.15, 0.2) is 0 Å². The standard InChI is InChI=1S/C19H21NO2/c1-22-18-9-8-16-10-15(6-7-17(16)12-18)13-20-19(21)11-14-4-2-3-5-14/h2,4,6-10,12,14H,3,5,11,13H2,1H3,(H,20,21). The number of benzene rings is 2. The molecule has 0 saturated carbocycles. The number of allylic oxidation sites excluding steroid dienone is 2. The lowest BCUT2D eigenvalue weighted by Crippen LogP contribution is -2.24. The van der Waals surface area contributed by atoms with E-state index in [4.69, 9.17) is 4.74 Å². The van der Waals surface area contributed by atoms with E-state index in [-0.39, 0.29) is 5.91 Å². The van der Waals surface area contributed by atoms with Crippen molar-refractivity contribution < 1.29 is 9.53 Å². The zero-order valence-electron chi connectivity index (χ0n) is 12.8. The van der Waals surface area contributed by atoms with Crippen LogP contribution in [0.4, 0.5) is 0 Å². The fourth-order valence-electron chi connectivity index (χ4n) is 2.89. The van der Waals surface area contributed by atoms with Crippen LogP contribution in [0.5, 0.6) is 5.75 Å². The Labute approximate surface area is 131 Å². The van der Waals surface area contributed by atoms with Crippen LogP contribution in [0, 0.1) is 5.92 Å². The Morgan fingerprint density at radius 1 is 1.23 bits per heavy atom. The molecule has 3 heteroatoms. The van der Waals surface area contributed by atoms with Crippen LogP contribution in [0.3, 0.4) is 0 Å². The van der Waals surface area contributed by atoms with E-state index in [1.165, 1.54) is 0 Å². The van der Waals surface area contributed by atoms with Gasteiger partial charge in [0.05, 0.1) is 7.11 Å². The molecule has 114 valence electrons. The molecule has 1 aliphatic rings. The smallest absolute Gasteiger partial charge is 0.220 e. The number of carbonyl (C=O) groups excluding carboxylic acids is 1. The molecule has 0 aromatic heterocycles. The molecule has 0 aliphatic heterocycles. The summed E-state index contributed by atoms with van der Waals surface area (Å²) in [7, 11) is 1.67. The van der Waals surface area contributed by atoms with Crippen LogP contribution in [0.1, 0.15) is 24.8 Å². The number of rotatable bonds is 5. The normalized spacial score (nSPS) is 16.9. The van der Waals surface area contributed by atoms with Crippen LogP contribution in [-0.2, 0) is 11.3 Å². The Morgan fingerprint density at radius 3 is 2.82 bits per heavy atom. The second kappa shape index (κ2) is 6.65. The van der Waals surface area contributed by atoms with Crippen LogP contribution in [0.2, 0.25) is 0 Å². The third-order valence-electron chi connectivity index (χ3n) is 4.16. The average molecular weight is 295 g/mol. The molecule has 0 radical (unpaired) electrons. The first-order valence-corrected chi connectivity index (χ1v) is 7.74. The summed E-state index contributed by atoms with van der Waals surface area (Å²) in [4.78, 5) is 12.0. The second-order valence-corrected chi connectivity index (χ2v) is 5.79. The van der Waals surface area contributed by atoms with E-state index in [0.717, 1.165) is 34.9 Å². The molecule has 1 aliphatic carbocycles. The topological polar surface area (TPSA) is 38.3 Å². The zero-order valence-corrected chi connectivity index (χ0v) is 12.8. The van der Waals surface area contributed by atoms with Gasteiger partial charge in [-0.25, -0.2) is 0 Å². The first-order chi connectivity index (χ1) is 10.7. The maximum atomic E-state index is 12.0. The molecule has 0 bridgehead atoms. The Balaban J connectivity index is 1.61. The van der Waals surface area contributed by atoms with Gasteiger partial charge in [0.25, 0.3) is 0 Å². The number of hydrogen-bond acceptors (Lipinski definition) is 2. The van der Waals surface area contributed by atoms with E-state index in [0.29, 0.717) is 18.9 Å². The van der Waals surface area contributed by atoms with Crippen molar-refractivity contribution in [1.82, 2.24) is 5.32 Å². The van der Waals surface area contributed by atoms with E-state index in [1.54, 1.807) is 7.11 Å². The average Bonchev–Trinajstić information content (AvgIpc) is 3.05. The summed E-state index contributed by atoms with van der Waals surface area (Å²) in [6.45, 7) is 0.581. The highest BCUT2D eigenvalue weighted by atomic mass is 16.5. The maximum Gasteiger partial charge on any atom is 0.220 e. The van der Waals surface area contributed by atoms with E-state index < -0.39 is 0 Å². The van der Waals surface area contributed by atoms with Crippen LogP contribution in [0.15, 0.2) is 48.6 Å². The Morgan fingerprint density at radius 2 is 2.05 bits per heavy atom. The minimum atomic E-state index is 0.131. The van der Waals surface area contributed by atoms with Gasteiger partial charge in [-0.05, 0) is 53.3 Å². The van der Waals surface area contributed by atoms with E-state index in [9.17, 15) is 4.79 Å². The van der Waals surface area contributed by atoms with Crippen LogP contribution < -0.4 is 10.1 Å². The summed E-state index contributed by atoms with van der Waals surface area (Å²) in [5.74, 6) is 1.41. The number of ether oxygens (including phenoxy) is 1. The van der Waals surface area contributed by atoms with Gasteiger partial charge in [-0.1, -0.05) is 30.4 Å². The first-order valence-electron chi connectivity index (χ1n) is 7.74. The number of nitrogens with one attached hydrogen (secondary N) is 1. The molecule has 3 rings (SSSR count). The van der Waals surface area contributed by atoms with Gasteiger partial charge in [-0.2, -0.15) is 0 Å². The fourth-order valence-corrected chi connectivity index (χ4v) is 2.89. The second-order valence-electron chi connectivity index (χ2n) is 5.79. The lowest BCUT2D eigenvalue weighted by molar-refractivity contribution is -0.121. The Hall–Kier alpha value is -2.29. The molecule has 0 fully saturated rings. The van der Waals surface area contributed by atoms with Crippen molar-refractivity contribution in [2.24, 2.45) is 5.92 Å². The molecule has 0 heterocycles. The van der Waals surface area contributed by atoms with Gasteiger partial charge in [-0.3, -0.25) is 4.79 Å². The van der Waals surface area contributed by atoms with Gasteiger partial charge in [0.1, 0.15) is 5.75 Å². The fraction of sp³-hybridized carbons (Fsp3) is 0.316. The maximum absolute atomic E-state index is 12.0. The summed E-state index contributed by atoms with van der Waals surface area (Å²) in [6.07, 6.45) is 7.12. The molecular formula is C19H21NO2. The number of fused-ring (bicyclic) bond motifs is 1. The van der Waals surface area contributed by atoms with Gasteiger partial charge >= 0.3 is 0 Å². The number of hydrogen-bond donors (Lipinski definition) is 1. The predicted octanol–water partition coefficient (Wildman–Crippen LogP) is 3.82. The quantitative estimate of drug-likeness (QED) is 0.852. The van der Waals surface area contributed by atoms with E-state index in [1.807, 2.05) is 18.2 Å². The minimum Gasteiger partial charge on any atom is -0.497 e. The molecule has 2 aromatic carbocycles. The lowest BCUT2D eigenvalue weighted by Gasteiger charge is -2.10. The number of methoxy groups -OCH3 is 1. The van der Waals surface area contributed by atoms with Gasteiger partial charge in [0.2, 0.25) is 5.91 Å². The van der Waals surface area contributed by atoms with Crippen molar-refractivity contribution in [1.29, 1.82) is 0 Å². The highest BCUT2D eigenvalue weighted by Crippen LogP contribution is 2.22. The molecule has 1 N–H and O–H groups in total. The van der Waals surface area contributed by atoms with E-state index in [2.05, 4.69) is 35.7 Å². The van der Waals surface area contributed by atoms with Gasteiger partial charge < -0.3 is 10.1 Å². The number of carbonyl (C=O) groups is 1. The summed E-state index contributed by atoms with van der Waals surface area (Å²) in [6, 6.07) is 12.3. The highest BCUT2D eigenvalue weighted by molar-refractivity contribution is 5.84. The largest absolute Gasteiger partial charge is 0.497 e. The van der Waals surface area contributed by atoms with Crippen LogP contribution in [-0.4, -0.2) is 13.0 Å². The molecule has 0 spiro atoms. The van der Waals surface area contributed by atoms with Crippen molar-refractivity contribution in [2.45, 2.75) is 25.8 Å². The first kappa shape index (κ1) is 14.6. The van der Waals surface area contributed by atoms with Gasteiger partial charge in [-0.15, -0.1) is 0 Å². The molecule has 22 heavy (non-hydrogen) atoms. The highest BCUT2D eigenvalue weighted by Gasteiger charge is 2.13. The van der Waals surface area contributed by atoms with Crippen molar-refractivity contribution in [3.63, 3.8) is 0 Å². The predicted molar refractivity (Wildman–Crippen MR) is 88.8 cm³/mol. The van der Waals surface area contributed by atoms with Crippen molar-refractivity contribution in [2.75, 3.05) is 7.11 Å². The summed E-state index contributed by atoms with van der Waals surface area (Å²) >= 11 is 0. The Bertz CT molecular complexity index is 706. The summed E-state index contributed by atoms with van der Waals surface area (Å²) in [5.41, 5.74) is 1.12. The Kier molecular flexibility index (Phi) is 4.42. The summed E-state index contributed by atoms with van der Waals surface area (Å²) in [5, 5.41) is 5.32.